The molecule has 42 heavy (non-hydrogen) atoms. The molecule has 0 bridgehead atoms. The molecule has 0 saturated carbocycles. The Morgan fingerprint density at radius 2 is 1.62 bits per heavy atom. The number of Topliss-reactive ketones (excluding diaryl/α,β-unsaturated/α-hetero) is 1. The van der Waals surface area contributed by atoms with E-state index in [0.717, 1.165) is 61.9 Å². The number of ether oxygens (including phenoxy) is 2. The molecule has 1 aromatic heterocycles. The fourth-order valence-corrected chi connectivity index (χ4v) is 7.45. The molecular formula is C32H42N2O6S2. The van der Waals surface area contributed by atoms with Crippen LogP contribution in [0.3, 0.4) is 0 Å². The minimum atomic E-state index is -0.764. The van der Waals surface area contributed by atoms with Crippen molar-refractivity contribution in [2.24, 2.45) is 0 Å². The number of benzene rings is 1. The molecule has 0 unspecified atom stereocenters. The van der Waals surface area contributed by atoms with Crippen LogP contribution in [0, 0.1) is 0 Å². The first-order chi connectivity index (χ1) is 19.7. The van der Waals surface area contributed by atoms with E-state index in [1.807, 2.05) is 29.4 Å². The van der Waals surface area contributed by atoms with E-state index in [0.29, 0.717) is 19.5 Å². The smallest absolute Gasteiger partial charge is 0.420 e. The second-order valence-corrected chi connectivity index (χ2v) is 15.0. The molecule has 0 N–H and O–H groups in total. The van der Waals surface area contributed by atoms with Gasteiger partial charge in [-0.25, -0.2) is 14.5 Å². The number of amides is 3. The first kappa shape index (κ1) is 32.1. The number of nitrogens with zero attached hydrogens (tertiary/aromatic N) is 2. The third kappa shape index (κ3) is 7.75. The van der Waals surface area contributed by atoms with Gasteiger partial charge >= 0.3 is 12.2 Å². The van der Waals surface area contributed by atoms with Gasteiger partial charge in [0.05, 0.1) is 15.6 Å². The summed E-state index contributed by atoms with van der Waals surface area (Å²) < 4.78 is 12.0. The van der Waals surface area contributed by atoms with Crippen LogP contribution in [-0.2, 0) is 22.4 Å². The number of imide groups is 1. The molecular weight excluding hydrogens is 572 g/mol. The van der Waals surface area contributed by atoms with Crippen LogP contribution in [0.4, 0.5) is 9.59 Å². The van der Waals surface area contributed by atoms with Crippen molar-refractivity contribution in [1.29, 1.82) is 0 Å². The molecule has 228 valence electrons. The van der Waals surface area contributed by atoms with E-state index >= 15 is 0 Å². The van der Waals surface area contributed by atoms with Crippen LogP contribution in [0.1, 0.15) is 110 Å². The first-order valence-electron chi connectivity index (χ1n) is 14.5. The van der Waals surface area contributed by atoms with E-state index in [-0.39, 0.29) is 24.2 Å². The van der Waals surface area contributed by atoms with E-state index < -0.39 is 23.4 Å². The summed E-state index contributed by atoms with van der Waals surface area (Å²) in [6, 6.07) is 7.90. The summed E-state index contributed by atoms with van der Waals surface area (Å²) in [6.45, 7) is 11.8. The van der Waals surface area contributed by atoms with Crippen molar-refractivity contribution in [1.82, 2.24) is 9.80 Å². The number of fused-ring (bicyclic) bond motifs is 1. The number of ketones is 1. The highest BCUT2D eigenvalue weighted by molar-refractivity contribution is 8.00. The molecule has 10 heteroatoms. The second-order valence-electron chi connectivity index (χ2n) is 12.9. The lowest BCUT2D eigenvalue weighted by Gasteiger charge is -2.32. The molecule has 2 aliphatic rings. The second kappa shape index (κ2) is 12.8. The number of rotatable bonds is 5. The van der Waals surface area contributed by atoms with Gasteiger partial charge in [-0.15, -0.1) is 23.1 Å². The van der Waals surface area contributed by atoms with Gasteiger partial charge in [-0.2, -0.15) is 0 Å². The Morgan fingerprint density at radius 3 is 2.19 bits per heavy atom. The Balaban J connectivity index is 1.45. The zero-order valence-electron chi connectivity index (χ0n) is 25.7. The predicted octanol–water partition coefficient (Wildman–Crippen LogP) is 7.68. The maximum absolute atomic E-state index is 13.6. The topological polar surface area (TPSA) is 93.2 Å². The fourth-order valence-electron chi connectivity index (χ4n) is 5.36. The molecule has 0 atom stereocenters. The molecule has 2 heterocycles. The normalized spacial score (nSPS) is 16.2. The summed E-state index contributed by atoms with van der Waals surface area (Å²) in [4.78, 5) is 55.7. The number of hydrogen-bond donors (Lipinski definition) is 0. The van der Waals surface area contributed by atoms with Crippen LogP contribution in [0.25, 0.3) is 0 Å². The van der Waals surface area contributed by atoms with Crippen LogP contribution < -0.4 is 0 Å². The number of thiophene rings is 1. The summed E-state index contributed by atoms with van der Waals surface area (Å²) in [5.41, 5.74) is 2.10. The molecule has 0 spiro atoms. The molecule has 4 rings (SSSR count). The Bertz CT molecular complexity index is 1320. The van der Waals surface area contributed by atoms with Gasteiger partial charge in [-0.1, -0.05) is 24.3 Å². The third-order valence-corrected chi connectivity index (χ3v) is 9.58. The predicted molar refractivity (Wildman–Crippen MR) is 166 cm³/mol. The number of carbonyl (C=O) groups is 4. The van der Waals surface area contributed by atoms with E-state index in [1.54, 1.807) is 53.3 Å². The van der Waals surface area contributed by atoms with Crippen molar-refractivity contribution in [3.05, 3.63) is 51.4 Å². The Labute approximate surface area is 257 Å². The number of thioether (sulfide) groups is 1. The van der Waals surface area contributed by atoms with Gasteiger partial charge in [0.2, 0.25) is 0 Å². The summed E-state index contributed by atoms with van der Waals surface area (Å²) in [6.07, 6.45) is 4.20. The van der Waals surface area contributed by atoms with Gasteiger partial charge < -0.3 is 14.4 Å². The Morgan fingerprint density at radius 1 is 1.00 bits per heavy atom. The first-order valence-corrected chi connectivity index (χ1v) is 16.6. The molecule has 1 aromatic carbocycles. The highest BCUT2D eigenvalue weighted by atomic mass is 32.2. The van der Waals surface area contributed by atoms with Crippen molar-refractivity contribution in [2.45, 2.75) is 102 Å². The molecule has 1 aliphatic heterocycles. The van der Waals surface area contributed by atoms with Crippen LogP contribution in [0.5, 0.6) is 0 Å². The van der Waals surface area contributed by atoms with E-state index in [9.17, 15) is 19.2 Å². The Kier molecular flexibility index (Phi) is 9.77. The van der Waals surface area contributed by atoms with Crippen molar-refractivity contribution in [2.75, 3.05) is 19.3 Å². The summed E-state index contributed by atoms with van der Waals surface area (Å²) in [7, 11) is 0. The van der Waals surface area contributed by atoms with Crippen molar-refractivity contribution >= 4 is 47.0 Å². The van der Waals surface area contributed by atoms with Crippen molar-refractivity contribution in [3.8, 4) is 0 Å². The summed E-state index contributed by atoms with van der Waals surface area (Å²) in [5.74, 6) is 0.432. The van der Waals surface area contributed by atoms with Gasteiger partial charge in [0, 0.05) is 25.1 Å². The van der Waals surface area contributed by atoms with Gasteiger partial charge in [-0.3, -0.25) is 9.59 Å². The van der Waals surface area contributed by atoms with Gasteiger partial charge in [0.15, 0.2) is 5.78 Å². The minimum Gasteiger partial charge on any atom is -0.443 e. The number of hydrogen-bond acceptors (Lipinski definition) is 8. The largest absolute Gasteiger partial charge is 0.443 e. The molecule has 2 aromatic rings. The number of piperidine rings is 1. The van der Waals surface area contributed by atoms with Gasteiger partial charge in [0.25, 0.3) is 5.91 Å². The summed E-state index contributed by atoms with van der Waals surface area (Å²) in [5, 5.41) is 0. The average molecular weight is 615 g/mol. The average Bonchev–Trinajstić information content (AvgIpc) is 3.29. The minimum absolute atomic E-state index is 0.0228. The van der Waals surface area contributed by atoms with Crippen molar-refractivity contribution in [3.63, 3.8) is 0 Å². The lowest BCUT2D eigenvalue weighted by Crippen LogP contribution is -2.43. The lowest BCUT2D eigenvalue weighted by molar-refractivity contribution is -0.000291. The van der Waals surface area contributed by atoms with E-state index in [1.165, 1.54) is 11.3 Å². The fraction of sp³-hybridized carbons (Fsp3) is 0.562. The molecule has 0 radical (unpaired) electrons. The number of carbonyl (C=O) groups excluding carboxylic acids is 4. The zero-order valence-corrected chi connectivity index (χ0v) is 27.3. The standard InChI is InChI=1S/C32H42N2O6S2/c1-31(2,3)39-29(37)34(30(38)40-32(4,5)6)19-20-10-8-11-22(18-20)21-14-16-33(17-15-21)27(36)26-23-12-9-13-24(35)25(23)28(41-7)42-26/h8,10-11,18,21H,9,12-17,19H2,1-7H3. The van der Waals surface area contributed by atoms with Crippen LogP contribution in [0.2, 0.25) is 0 Å². The lowest BCUT2D eigenvalue weighted by atomic mass is 9.88. The number of likely N-dealkylation sites (tertiary alicyclic amines) is 1. The van der Waals surface area contributed by atoms with Gasteiger partial charge in [-0.05, 0) is 96.1 Å². The Hall–Kier alpha value is -2.85. The van der Waals surface area contributed by atoms with Gasteiger partial charge in [0.1, 0.15) is 11.2 Å². The molecule has 3 amide bonds. The highest BCUT2D eigenvalue weighted by Crippen LogP contribution is 2.40. The van der Waals surface area contributed by atoms with Crippen molar-refractivity contribution < 1.29 is 28.7 Å². The third-order valence-electron chi connectivity index (χ3n) is 7.24. The van der Waals surface area contributed by atoms with Crippen LogP contribution >= 0.6 is 23.1 Å². The quantitative estimate of drug-likeness (QED) is 0.319. The molecule has 1 aliphatic carbocycles. The van der Waals surface area contributed by atoms with E-state index in [2.05, 4.69) is 6.07 Å². The maximum atomic E-state index is 13.6. The zero-order chi connectivity index (χ0) is 30.8. The summed E-state index contributed by atoms with van der Waals surface area (Å²) >= 11 is 3.02. The monoisotopic (exact) mass is 614 g/mol. The highest BCUT2D eigenvalue weighted by Gasteiger charge is 2.34. The molecule has 8 nitrogen and oxygen atoms in total. The van der Waals surface area contributed by atoms with Crippen LogP contribution in [-0.4, -0.2) is 64.2 Å². The van der Waals surface area contributed by atoms with Crippen LogP contribution in [0.15, 0.2) is 28.5 Å². The van der Waals surface area contributed by atoms with E-state index in [4.69, 9.17) is 9.47 Å². The maximum Gasteiger partial charge on any atom is 0.420 e. The molecule has 1 fully saturated rings. The molecule has 1 saturated heterocycles. The SMILES string of the molecule is CSc1sc(C(=O)N2CCC(c3cccc(CN(C(=O)OC(C)(C)C)C(=O)OC(C)(C)C)c3)CC2)c2c1C(=O)CCC2.